The molecule has 1 aromatic heterocycles. The molecule has 0 spiro atoms. The zero-order chi connectivity index (χ0) is 15.6. The van der Waals surface area contributed by atoms with Crippen molar-refractivity contribution in [1.82, 2.24) is 10.2 Å². The Morgan fingerprint density at radius 3 is 2.71 bits per heavy atom. The predicted molar refractivity (Wildman–Crippen MR) is 82.3 cm³/mol. The van der Waals surface area contributed by atoms with Crippen LogP contribution in [0.25, 0.3) is 0 Å². The van der Waals surface area contributed by atoms with Gasteiger partial charge >= 0.3 is 5.97 Å². The summed E-state index contributed by atoms with van der Waals surface area (Å²) in [6, 6.07) is 3.90. The molecule has 8 heteroatoms. The summed E-state index contributed by atoms with van der Waals surface area (Å²) in [7, 11) is 1.24. The molecule has 2 rings (SSSR count). The fraction of sp³-hybridized carbons (Fsp3) is 0.154. The lowest BCUT2D eigenvalue weighted by Crippen LogP contribution is -2.11. The third-order valence-electron chi connectivity index (χ3n) is 2.62. The van der Waals surface area contributed by atoms with Crippen molar-refractivity contribution >= 4 is 40.2 Å². The summed E-state index contributed by atoms with van der Waals surface area (Å²) < 4.78 is 24.3. The Morgan fingerprint density at radius 1 is 1.38 bits per heavy atom. The quantitative estimate of drug-likeness (QED) is 0.557. The van der Waals surface area contributed by atoms with Crippen molar-refractivity contribution in [2.45, 2.75) is 6.92 Å². The lowest BCUT2D eigenvalue weighted by molar-refractivity contribution is 0.0595. The number of benzene rings is 1. The Hall–Kier alpha value is -1.48. The average Bonchev–Trinajstić information content (AvgIpc) is 2.45. The van der Waals surface area contributed by atoms with Crippen molar-refractivity contribution in [3.63, 3.8) is 0 Å². The molecule has 0 bridgehead atoms. The molecule has 5 nitrogen and oxygen atoms in total. The van der Waals surface area contributed by atoms with Crippen molar-refractivity contribution in [2.24, 2.45) is 0 Å². The SMILES string of the molecule is COC(=O)c1c(Oc2ccc(Cl)cc2F)nnc(I)c1C. The Balaban J connectivity index is 2.49. The second-order valence-corrected chi connectivity index (χ2v) is 5.42. The minimum absolute atomic E-state index is 0.103. The molecular weight excluding hydrogens is 414 g/mol. The molecule has 21 heavy (non-hydrogen) atoms. The average molecular weight is 423 g/mol. The van der Waals surface area contributed by atoms with Crippen molar-refractivity contribution < 1.29 is 18.7 Å². The third kappa shape index (κ3) is 3.41. The standard InChI is InChI=1S/C13H9ClFIN2O3/c1-6-10(13(19)20-2)12(18-17-11(6)16)21-9-4-3-7(14)5-8(9)15/h3-5H,1-2H3. The van der Waals surface area contributed by atoms with E-state index in [0.29, 0.717) is 9.26 Å². The molecule has 0 aliphatic rings. The summed E-state index contributed by atoms with van der Waals surface area (Å²) in [5, 5.41) is 7.88. The molecule has 0 amide bonds. The van der Waals surface area contributed by atoms with Gasteiger partial charge in [0, 0.05) is 10.6 Å². The molecule has 0 saturated heterocycles. The van der Waals surface area contributed by atoms with Gasteiger partial charge in [-0.1, -0.05) is 11.6 Å². The largest absolute Gasteiger partial charge is 0.465 e. The molecule has 0 fully saturated rings. The fourth-order valence-corrected chi connectivity index (χ4v) is 2.09. The monoisotopic (exact) mass is 422 g/mol. The zero-order valence-electron chi connectivity index (χ0n) is 11.0. The second kappa shape index (κ2) is 6.52. The van der Waals surface area contributed by atoms with E-state index in [0.717, 1.165) is 6.07 Å². The van der Waals surface area contributed by atoms with E-state index in [9.17, 15) is 9.18 Å². The summed E-state index contributed by atoms with van der Waals surface area (Å²) in [6.45, 7) is 1.67. The normalized spacial score (nSPS) is 10.3. The molecule has 110 valence electrons. The number of nitrogens with zero attached hydrogens (tertiary/aromatic N) is 2. The number of carbonyl (C=O) groups is 1. The molecule has 2 aromatic rings. The van der Waals surface area contributed by atoms with E-state index in [4.69, 9.17) is 21.1 Å². The number of esters is 1. The Kier molecular flexibility index (Phi) is 4.94. The van der Waals surface area contributed by atoms with Gasteiger partial charge in [-0.15, -0.1) is 10.2 Å². The zero-order valence-corrected chi connectivity index (χ0v) is 13.9. The number of halogens is 3. The van der Waals surface area contributed by atoms with Gasteiger partial charge in [0.25, 0.3) is 5.88 Å². The summed E-state index contributed by atoms with van der Waals surface area (Å²) in [5.41, 5.74) is 0.646. The first-order valence-corrected chi connectivity index (χ1v) is 7.13. The van der Waals surface area contributed by atoms with Crippen LogP contribution in [0.3, 0.4) is 0 Å². The van der Waals surface area contributed by atoms with E-state index in [1.54, 1.807) is 6.92 Å². The van der Waals surface area contributed by atoms with Gasteiger partial charge in [0.2, 0.25) is 0 Å². The van der Waals surface area contributed by atoms with Gasteiger partial charge in [0.05, 0.1) is 7.11 Å². The van der Waals surface area contributed by atoms with Gasteiger partial charge in [-0.3, -0.25) is 0 Å². The molecular formula is C13H9ClFIN2O3. The minimum atomic E-state index is -0.670. The van der Waals surface area contributed by atoms with Gasteiger partial charge in [-0.2, -0.15) is 0 Å². The minimum Gasteiger partial charge on any atom is -0.465 e. The Bertz CT molecular complexity index is 712. The fourth-order valence-electron chi connectivity index (χ4n) is 1.55. The summed E-state index contributed by atoms with van der Waals surface area (Å²) in [4.78, 5) is 11.8. The first-order chi connectivity index (χ1) is 9.93. The van der Waals surface area contributed by atoms with Crippen LogP contribution >= 0.6 is 34.2 Å². The van der Waals surface area contributed by atoms with Crippen LogP contribution in [-0.4, -0.2) is 23.3 Å². The van der Waals surface area contributed by atoms with Crippen LogP contribution in [0.2, 0.25) is 5.02 Å². The number of methoxy groups -OCH3 is 1. The van der Waals surface area contributed by atoms with E-state index >= 15 is 0 Å². The van der Waals surface area contributed by atoms with E-state index in [1.165, 1.54) is 19.2 Å². The molecule has 1 aromatic carbocycles. The number of rotatable bonds is 3. The lowest BCUT2D eigenvalue weighted by Gasteiger charge is -2.11. The molecule has 0 aliphatic carbocycles. The van der Waals surface area contributed by atoms with Crippen molar-refractivity contribution in [3.05, 3.63) is 43.9 Å². The highest BCUT2D eigenvalue weighted by atomic mass is 127. The molecule has 0 saturated carbocycles. The topological polar surface area (TPSA) is 61.3 Å². The third-order valence-corrected chi connectivity index (χ3v) is 3.88. The van der Waals surface area contributed by atoms with E-state index in [1.807, 2.05) is 22.6 Å². The first kappa shape index (κ1) is 15.9. The summed E-state index contributed by atoms with van der Waals surface area (Å²) in [5.74, 6) is -1.54. The van der Waals surface area contributed by atoms with Gasteiger partial charge in [-0.25, -0.2) is 9.18 Å². The first-order valence-electron chi connectivity index (χ1n) is 5.68. The smallest absolute Gasteiger partial charge is 0.343 e. The van der Waals surface area contributed by atoms with Crippen LogP contribution < -0.4 is 4.74 Å². The highest BCUT2D eigenvalue weighted by Gasteiger charge is 2.22. The van der Waals surface area contributed by atoms with Gasteiger partial charge in [0.15, 0.2) is 11.6 Å². The lowest BCUT2D eigenvalue weighted by atomic mass is 10.2. The number of hydrogen-bond acceptors (Lipinski definition) is 5. The molecule has 0 N–H and O–H groups in total. The van der Waals surface area contributed by atoms with Crippen LogP contribution in [0.5, 0.6) is 11.6 Å². The van der Waals surface area contributed by atoms with Crippen molar-refractivity contribution in [2.75, 3.05) is 7.11 Å². The molecule has 1 heterocycles. The molecule has 0 aliphatic heterocycles. The number of aromatic nitrogens is 2. The predicted octanol–water partition coefficient (Wildman–Crippen LogP) is 3.76. The van der Waals surface area contributed by atoms with E-state index < -0.39 is 11.8 Å². The van der Waals surface area contributed by atoms with Crippen molar-refractivity contribution in [1.29, 1.82) is 0 Å². The maximum atomic E-state index is 13.8. The number of ether oxygens (including phenoxy) is 2. The van der Waals surface area contributed by atoms with Crippen LogP contribution in [0, 0.1) is 16.4 Å². The van der Waals surface area contributed by atoms with E-state index in [2.05, 4.69) is 10.2 Å². The second-order valence-electron chi connectivity index (χ2n) is 3.96. The van der Waals surface area contributed by atoms with Crippen LogP contribution in [0.15, 0.2) is 18.2 Å². The molecule has 0 unspecified atom stereocenters. The Labute approximate surface area is 138 Å². The summed E-state index contributed by atoms with van der Waals surface area (Å²) in [6.07, 6.45) is 0. The van der Waals surface area contributed by atoms with Gasteiger partial charge in [0.1, 0.15) is 9.26 Å². The highest BCUT2D eigenvalue weighted by molar-refractivity contribution is 14.1. The maximum Gasteiger partial charge on any atom is 0.343 e. The van der Waals surface area contributed by atoms with Gasteiger partial charge < -0.3 is 9.47 Å². The van der Waals surface area contributed by atoms with E-state index in [-0.39, 0.29) is 22.2 Å². The van der Waals surface area contributed by atoms with Crippen LogP contribution in [-0.2, 0) is 4.74 Å². The van der Waals surface area contributed by atoms with Crippen LogP contribution in [0.4, 0.5) is 4.39 Å². The molecule has 0 atom stereocenters. The maximum absolute atomic E-state index is 13.8. The highest BCUT2D eigenvalue weighted by Crippen LogP contribution is 2.30. The number of carbonyl (C=O) groups excluding carboxylic acids is 1. The van der Waals surface area contributed by atoms with Gasteiger partial charge in [-0.05, 0) is 47.7 Å². The van der Waals surface area contributed by atoms with Crippen molar-refractivity contribution in [3.8, 4) is 11.6 Å². The molecule has 0 radical (unpaired) electrons. The number of hydrogen-bond donors (Lipinski definition) is 0. The Morgan fingerprint density at radius 2 is 2.10 bits per heavy atom. The summed E-state index contributed by atoms with van der Waals surface area (Å²) >= 11 is 7.60. The van der Waals surface area contributed by atoms with Crippen LogP contribution in [0.1, 0.15) is 15.9 Å².